The second-order valence-electron chi connectivity index (χ2n) is 4.55. The van der Waals surface area contributed by atoms with Crippen LogP contribution in [0.25, 0.3) is 10.9 Å². The Labute approximate surface area is 101 Å². The predicted octanol–water partition coefficient (Wildman–Crippen LogP) is 4.48. The topological polar surface area (TPSA) is 12.9 Å². The fourth-order valence-electron chi connectivity index (χ4n) is 1.75. The van der Waals surface area contributed by atoms with Crippen LogP contribution in [-0.4, -0.2) is 4.98 Å². The summed E-state index contributed by atoms with van der Waals surface area (Å²) in [7, 11) is 0. The third-order valence-corrected chi connectivity index (χ3v) is 3.01. The number of rotatable bonds is 3. The van der Waals surface area contributed by atoms with Gasteiger partial charge in [-0.1, -0.05) is 43.6 Å². The second-order valence-corrected chi connectivity index (χ2v) is 4.95. The van der Waals surface area contributed by atoms with E-state index in [9.17, 15) is 0 Å². The van der Waals surface area contributed by atoms with Crippen LogP contribution in [0.4, 0.5) is 0 Å². The Morgan fingerprint density at radius 1 is 1.25 bits per heavy atom. The monoisotopic (exact) mass is 233 g/mol. The fourth-order valence-corrected chi connectivity index (χ4v) is 2.03. The van der Waals surface area contributed by atoms with Crippen molar-refractivity contribution in [2.75, 3.05) is 0 Å². The van der Waals surface area contributed by atoms with E-state index in [-0.39, 0.29) is 0 Å². The zero-order chi connectivity index (χ0) is 11.5. The minimum absolute atomic E-state index is 0.701. The maximum Gasteiger partial charge on any atom is 0.0720 e. The van der Waals surface area contributed by atoms with E-state index in [0.717, 1.165) is 34.5 Å². The lowest BCUT2D eigenvalue weighted by Crippen LogP contribution is -1.95. The number of fused-ring (bicyclic) bond motifs is 1. The molecule has 0 aliphatic rings. The predicted molar refractivity (Wildman–Crippen MR) is 69.9 cm³/mol. The summed E-state index contributed by atoms with van der Waals surface area (Å²) < 4.78 is 0. The van der Waals surface area contributed by atoms with E-state index in [0.29, 0.717) is 5.92 Å². The quantitative estimate of drug-likeness (QED) is 0.762. The van der Waals surface area contributed by atoms with Crippen LogP contribution in [-0.2, 0) is 6.42 Å². The molecule has 0 saturated heterocycles. The van der Waals surface area contributed by atoms with E-state index < -0.39 is 0 Å². The van der Waals surface area contributed by atoms with Crippen molar-refractivity contribution in [3.05, 3.63) is 41.0 Å². The maximum atomic E-state index is 6.24. The first-order valence-corrected chi connectivity index (χ1v) is 6.09. The number of hydrogen-bond acceptors (Lipinski definition) is 1. The first-order chi connectivity index (χ1) is 7.66. The molecular formula is C14H16ClN. The van der Waals surface area contributed by atoms with E-state index in [1.807, 2.05) is 30.3 Å². The molecule has 0 aliphatic carbocycles. The van der Waals surface area contributed by atoms with Crippen molar-refractivity contribution < 1.29 is 0 Å². The van der Waals surface area contributed by atoms with Crippen molar-refractivity contribution in [3.63, 3.8) is 0 Å². The molecule has 0 spiro atoms. The molecule has 1 heterocycles. The van der Waals surface area contributed by atoms with Gasteiger partial charge in [0, 0.05) is 11.1 Å². The van der Waals surface area contributed by atoms with Crippen LogP contribution < -0.4 is 0 Å². The molecule has 1 aromatic carbocycles. The summed E-state index contributed by atoms with van der Waals surface area (Å²) in [6.45, 7) is 4.45. The number of aromatic nitrogens is 1. The smallest absolute Gasteiger partial charge is 0.0720 e. The zero-order valence-electron chi connectivity index (χ0n) is 9.70. The Morgan fingerprint density at radius 3 is 2.75 bits per heavy atom. The Hall–Kier alpha value is -1.08. The number of hydrogen-bond donors (Lipinski definition) is 0. The standard InChI is InChI=1S/C14H16ClN/c1-10(2)7-8-11-9-13(15)12-5-3-4-6-14(12)16-11/h3-6,9-10H,7-8H2,1-2H3. The molecule has 1 nitrogen and oxygen atoms in total. The van der Waals surface area contributed by atoms with Crippen LogP contribution in [0.1, 0.15) is 26.0 Å². The molecule has 84 valence electrons. The first kappa shape index (κ1) is 11.4. The van der Waals surface area contributed by atoms with E-state index in [4.69, 9.17) is 11.6 Å². The summed E-state index contributed by atoms with van der Waals surface area (Å²) in [4.78, 5) is 4.62. The van der Waals surface area contributed by atoms with Crippen molar-refractivity contribution in [3.8, 4) is 0 Å². The summed E-state index contributed by atoms with van der Waals surface area (Å²) in [5, 5.41) is 1.85. The van der Waals surface area contributed by atoms with Gasteiger partial charge in [-0.2, -0.15) is 0 Å². The molecule has 0 atom stereocenters. The molecule has 1 aromatic heterocycles. The van der Waals surface area contributed by atoms with Crippen molar-refractivity contribution in [1.29, 1.82) is 0 Å². The Morgan fingerprint density at radius 2 is 2.00 bits per heavy atom. The molecule has 0 bridgehead atoms. The summed E-state index contributed by atoms with van der Waals surface area (Å²) in [5.74, 6) is 0.701. The summed E-state index contributed by atoms with van der Waals surface area (Å²) in [5.41, 5.74) is 2.09. The van der Waals surface area contributed by atoms with E-state index in [1.165, 1.54) is 0 Å². The van der Waals surface area contributed by atoms with Crippen LogP contribution in [0, 0.1) is 5.92 Å². The van der Waals surface area contributed by atoms with E-state index >= 15 is 0 Å². The number of halogens is 1. The van der Waals surface area contributed by atoms with Crippen LogP contribution in [0.2, 0.25) is 5.02 Å². The largest absolute Gasteiger partial charge is 0.253 e. The van der Waals surface area contributed by atoms with Gasteiger partial charge in [0.15, 0.2) is 0 Å². The maximum absolute atomic E-state index is 6.24. The molecular weight excluding hydrogens is 218 g/mol. The van der Waals surface area contributed by atoms with Gasteiger partial charge in [-0.3, -0.25) is 4.98 Å². The van der Waals surface area contributed by atoms with Gasteiger partial charge in [-0.25, -0.2) is 0 Å². The minimum Gasteiger partial charge on any atom is -0.253 e. The van der Waals surface area contributed by atoms with Gasteiger partial charge in [0.05, 0.1) is 10.5 Å². The van der Waals surface area contributed by atoms with E-state index in [1.54, 1.807) is 0 Å². The summed E-state index contributed by atoms with van der Waals surface area (Å²) in [6.07, 6.45) is 2.16. The lowest BCUT2D eigenvalue weighted by atomic mass is 10.1. The van der Waals surface area contributed by atoms with Crippen LogP contribution >= 0.6 is 11.6 Å². The van der Waals surface area contributed by atoms with E-state index in [2.05, 4.69) is 18.8 Å². The highest BCUT2D eigenvalue weighted by atomic mass is 35.5. The highest BCUT2D eigenvalue weighted by Crippen LogP contribution is 2.23. The van der Waals surface area contributed by atoms with Crippen molar-refractivity contribution in [2.45, 2.75) is 26.7 Å². The molecule has 2 aromatic rings. The van der Waals surface area contributed by atoms with Gasteiger partial charge in [0.1, 0.15) is 0 Å². The number of para-hydroxylation sites is 1. The van der Waals surface area contributed by atoms with Gasteiger partial charge in [0.2, 0.25) is 0 Å². The highest BCUT2D eigenvalue weighted by Gasteiger charge is 2.04. The van der Waals surface area contributed by atoms with Gasteiger partial charge in [-0.15, -0.1) is 0 Å². The highest BCUT2D eigenvalue weighted by molar-refractivity contribution is 6.35. The lowest BCUT2D eigenvalue weighted by Gasteiger charge is -2.06. The molecule has 0 radical (unpaired) electrons. The average Bonchev–Trinajstić information content (AvgIpc) is 2.26. The number of aryl methyl sites for hydroxylation is 1. The van der Waals surface area contributed by atoms with Crippen molar-refractivity contribution in [1.82, 2.24) is 4.98 Å². The number of pyridine rings is 1. The van der Waals surface area contributed by atoms with Crippen LogP contribution in [0.15, 0.2) is 30.3 Å². The summed E-state index contributed by atoms with van der Waals surface area (Å²) in [6, 6.07) is 10.0. The summed E-state index contributed by atoms with van der Waals surface area (Å²) >= 11 is 6.24. The van der Waals surface area contributed by atoms with Crippen LogP contribution in [0.3, 0.4) is 0 Å². The molecule has 0 N–H and O–H groups in total. The molecule has 2 rings (SSSR count). The fraction of sp³-hybridized carbons (Fsp3) is 0.357. The molecule has 2 heteroatoms. The number of nitrogens with zero attached hydrogens (tertiary/aromatic N) is 1. The lowest BCUT2D eigenvalue weighted by molar-refractivity contribution is 0.582. The Balaban J connectivity index is 2.34. The zero-order valence-corrected chi connectivity index (χ0v) is 10.5. The van der Waals surface area contributed by atoms with Gasteiger partial charge < -0.3 is 0 Å². The van der Waals surface area contributed by atoms with Gasteiger partial charge in [-0.05, 0) is 30.9 Å². The van der Waals surface area contributed by atoms with Crippen molar-refractivity contribution >= 4 is 22.5 Å². The SMILES string of the molecule is CC(C)CCc1cc(Cl)c2ccccc2n1. The van der Waals surface area contributed by atoms with Gasteiger partial charge in [0.25, 0.3) is 0 Å². The first-order valence-electron chi connectivity index (χ1n) is 5.71. The van der Waals surface area contributed by atoms with Crippen molar-refractivity contribution in [2.24, 2.45) is 5.92 Å². The normalized spacial score (nSPS) is 11.2. The Kier molecular flexibility index (Phi) is 3.45. The minimum atomic E-state index is 0.701. The van der Waals surface area contributed by atoms with Crippen LogP contribution in [0.5, 0.6) is 0 Å². The molecule has 0 fully saturated rings. The molecule has 0 unspecified atom stereocenters. The molecule has 0 aliphatic heterocycles. The second kappa shape index (κ2) is 4.84. The Bertz CT molecular complexity index is 491. The third-order valence-electron chi connectivity index (χ3n) is 2.70. The molecule has 0 saturated carbocycles. The third kappa shape index (κ3) is 2.53. The van der Waals surface area contributed by atoms with Gasteiger partial charge >= 0.3 is 0 Å². The molecule has 16 heavy (non-hydrogen) atoms. The number of benzene rings is 1. The molecule has 0 amide bonds. The average molecular weight is 234 g/mol.